The van der Waals surface area contributed by atoms with Crippen LogP contribution in [0.1, 0.15) is 45.7 Å². The van der Waals surface area contributed by atoms with Crippen LogP contribution in [0.2, 0.25) is 0 Å². The van der Waals surface area contributed by atoms with Crippen molar-refractivity contribution in [1.82, 2.24) is 5.32 Å². The number of alkyl carbamates (subject to hydrolysis) is 1. The predicted molar refractivity (Wildman–Crippen MR) is 73.9 cm³/mol. The molecule has 0 heterocycles. The van der Waals surface area contributed by atoms with Crippen LogP contribution >= 0.6 is 0 Å². The lowest BCUT2D eigenvalue weighted by molar-refractivity contribution is -0.191. The summed E-state index contributed by atoms with van der Waals surface area (Å²) >= 11 is 0. The van der Waals surface area contributed by atoms with Gasteiger partial charge >= 0.3 is 12.2 Å². The van der Waals surface area contributed by atoms with Gasteiger partial charge in [0.2, 0.25) is 0 Å². The minimum absolute atomic E-state index is 0.00560. The molecular weight excluding hydrogens is 258 g/mol. The third-order valence-corrected chi connectivity index (χ3v) is 2.30. The Labute approximate surface area is 119 Å². The van der Waals surface area contributed by atoms with Gasteiger partial charge in [0.25, 0.3) is 0 Å². The van der Waals surface area contributed by atoms with Crippen molar-refractivity contribution in [1.29, 1.82) is 0 Å². The minimum atomic E-state index is -0.459. The Balaban J connectivity index is 0.00000110. The van der Waals surface area contributed by atoms with Crippen LogP contribution in [-0.4, -0.2) is 17.8 Å². The highest BCUT2D eigenvalue weighted by Gasteiger charge is 2.19. The van der Waals surface area contributed by atoms with E-state index in [0.717, 1.165) is 12.0 Å². The van der Waals surface area contributed by atoms with E-state index in [4.69, 9.17) is 14.3 Å². The molecule has 110 valence electrons. The largest absolute Gasteiger partial charge is 0.444 e. The zero-order valence-corrected chi connectivity index (χ0v) is 12.3. The quantitative estimate of drug-likeness (QED) is 0.922. The first-order chi connectivity index (χ1) is 9.34. The molecule has 1 amide bonds. The molecule has 5 heteroatoms. The van der Waals surface area contributed by atoms with E-state index >= 15 is 0 Å². The summed E-state index contributed by atoms with van der Waals surface area (Å²) in [6.45, 7) is 7.61. The SMILES string of the molecule is CCC(NC(=O)OC(C)(C)C)c1ccccc1.O=C=O. The average molecular weight is 279 g/mol. The van der Waals surface area contributed by atoms with Crippen LogP contribution in [0.5, 0.6) is 0 Å². The zero-order valence-electron chi connectivity index (χ0n) is 12.3. The van der Waals surface area contributed by atoms with E-state index < -0.39 is 5.60 Å². The molecular formula is C15H21NO4. The molecule has 1 unspecified atom stereocenters. The summed E-state index contributed by atoms with van der Waals surface area (Å²) in [6, 6.07) is 9.91. The van der Waals surface area contributed by atoms with Gasteiger partial charge in [-0.25, -0.2) is 4.79 Å². The molecule has 0 radical (unpaired) electrons. The number of hydrogen-bond acceptors (Lipinski definition) is 4. The topological polar surface area (TPSA) is 72.5 Å². The van der Waals surface area contributed by atoms with Crippen molar-refractivity contribution in [2.24, 2.45) is 0 Å². The molecule has 1 aromatic carbocycles. The Morgan fingerprint density at radius 1 is 1.25 bits per heavy atom. The molecule has 0 fully saturated rings. The average Bonchev–Trinajstić information content (AvgIpc) is 2.36. The summed E-state index contributed by atoms with van der Waals surface area (Å²) < 4.78 is 5.24. The van der Waals surface area contributed by atoms with Crippen molar-refractivity contribution < 1.29 is 19.1 Å². The number of hydrogen-bond donors (Lipinski definition) is 1. The van der Waals surface area contributed by atoms with E-state index in [1.165, 1.54) is 0 Å². The molecule has 0 aromatic heterocycles. The summed E-state index contributed by atoms with van der Waals surface area (Å²) in [6.07, 6.45) is 0.719. The van der Waals surface area contributed by atoms with Gasteiger partial charge in [0.15, 0.2) is 0 Å². The van der Waals surface area contributed by atoms with Gasteiger partial charge in [-0.1, -0.05) is 37.3 Å². The molecule has 5 nitrogen and oxygen atoms in total. The van der Waals surface area contributed by atoms with Crippen LogP contribution in [0, 0.1) is 0 Å². The van der Waals surface area contributed by atoms with Gasteiger partial charge in [-0.05, 0) is 32.8 Å². The second kappa shape index (κ2) is 8.88. The molecule has 0 aliphatic rings. The van der Waals surface area contributed by atoms with E-state index in [2.05, 4.69) is 5.32 Å². The van der Waals surface area contributed by atoms with Gasteiger partial charge in [-0.15, -0.1) is 0 Å². The van der Waals surface area contributed by atoms with Gasteiger partial charge < -0.3 is 10.1 Å². The summed E-state index contributed by atoms with van der Waals surface area (Å²) in [5.41, 5.74) is 0.639. The highest BCUT2D eigenvalue weighted by Crippen LogP contribution is 2.17. The van der Waals surface area contributed by atoms with Crippen LogP contribution in [-0.2, 0) is 14.3 Å². The smallest absolute Gasteiger partial charge is 0.408 e. The molecule has 0 bridgehead atoms. The van der Waals surface area contributed by atoms with Crippen LogP contribution in [0.25, 0.3) is 0 Å². The fraction of sp³-hybridized carbons (Fsp3) is 0.467. The predicted octanol–water partition coefficient (Wildman–Crippen LogP) is 3.08. The molecule has 0 aliphatic carbocycles. The molecule has 20 heavy (non-hydrogen) atoms. The number of carbonyl (C=O) groups excluding carboxylic acids is 3. The molecule has 0 saturated carbocycles. The number of nitrogens with one attached hydrogen (secondary N) is 1. The lowest BCUT2D eigenvalue weighted by Gasteiger charge is -2.23. The summed E-state index contributed by atoms with van der Waals surface area (Å²) in [5.74, 6) is 0. The molecule has 1 aromatic rings. The Hall–Kier alpha value is -2.13. The van der Waals surface area contributed by atoms with Gasteiger partial charge in [0, 0.05) is 0 Å². The standard InChI is InChI=1S/C14H21NO2.CO2/c1-5-12(11-9-7-6-8-10-11)15-13(16)17-14(2,3)4;2-1-3/h6-10,12H,5H2,1-4H3,(H,15,16);. The van der Waals surface area contributed by atoms with Crippen molar-refractivity contribution in [3.63, 3.8) is 0 Å². The van der Waals surface area contributed by atoms with E-state index in [9.17, 15) is 4.79 Å². The number of rotatable bonds is 3. The summed E-state index contributed by atoms with van der Waals surface area (Å²) in [5, 5.41) is 2.88. The van der Waals surface area contributed by atoms with Crippen molar-refractivity contribution in [3.8, 4) is 0 Å². The maximum Gasteiger partial charge on any atom is 0.408 e. The second-order valence-electron chi connectivity index (χ2n) is 5.10. The number of ether oxygens (including phenoxy) is 1. The summed E-state index contributed by atoms with van der Waals surface area (Å²) in [7, 11) is 0. The highest BCUT2D eigenvalue weighted by atomic mass is 16.6. The first kappa shape index (κ1) is 17.9. The lowest BCUT2D eigenvalue weighted by Crippen LogP contribution is -2.34. The van der Waals surface area contributed by atoms with Gasteiger partial charge in [-0.3, -0.25) is 0 Å². The molecule has 1 N–H and O–H groups in total. The fourth-order valence-corrected chi connectivity index (χ4v) is 1.56. The number of amides is 1. The van der Waals surface area contributed by atoms with Crippen LogP contribution < -0.4 is 5.32 Å². The zero-order chi connectivity index (χ0) is 15.6. The van der Waals surface area contributed by atoms with E-state index in [1.807, 2.05) is 58.0 Å². The maximum absolute atomic E-state index is 11.7. The van der Waals surface area contributed by atoms with E-state index in [1.54, 1.807) is 0 Å². The van der Waals surface area contributed by atoms with Crippen molar-refractivity contribution in [3.05, 3.63) is 35.9 Å². The molecule has 0 spiro atoms. The normalized spacial score (nSPS) is 11.4. The molecule has 1 atom stereocenters. The Kier molecular flexibility index (Phi) is 7.94. The second-order valence-corrected chi connectivity index (χ2v) is 5.10. The Morgan fingerprint density at radius 2 is 1.75 bits per heavy atom. The van der Waals surface area contributed by atoms with Gasteiger partial charge in [0.05, 0.1) is 6.04 Å². The minimum Gasteiger partial charge on any atom is -0.444 e. The molecule has 0 aliphatic heterocycles. The summed E-state index contributed by atoms with van der Waals surface area (Å²) in [4.78, 5) is 27.9. The number of benzene rings is 1. The lowest BCUT2D eigenvalue weighted by atomic mass is 10.1. The highest BCUT2D eigenvalue weighted by molar-refractivity contribution is 5.68. The third-order valence-electron chi connectivity index (χ3n) is 2.30. The first-order valence-electron chi connectivity index (χ1n) is 6.37. The van der Waals surface area contributed by atoms with Crippen molar-refractivity contribution >= 4 is 12.2 Å². The maximum atomic E-state index is 11.7. The van der Waals surface area contributed by atoms with Crippen LogP contribution in [0.15, 0.2) is 30.3 Å². The Bertz CT molecular complexity index is 431. The fourth-order valence-electron chi connectivity index (χ4n) is 1.56. The first-order valence-corrected chi connectivity index (χ1v) is 6.37. The van der Waals surface area contributed by atoms with Crippen molar-refractivity contribution in [2.75, 3.05) is 0 Å². The third kappa shape index (κ3) is 8.06. The molecule has 1 rings (SSSR count). The van der Waals surface area contributed by atoms with Gasteiger partial charge in [0.1, 0.15) is 5.60 Å². The van der Waals surface area contributed by atoms with Crippen molar-refractivity contribution in [2.45, 2.75) is 45.8 Å². The van der Waals surface area contributed by atoms with E-state index in [-0.39, 0.29) is 18.3 Å². The van der Waals surface area contributed by atoms with Crippen LogP contribution in [0.3, 0.4) is 0 Å². The number of carbonyl (C=O) groups is 1. The van der Waals surface area contributed by atoms with Gasteiger partial charge in [-0.2, -0.15) is 9.59 Å². The monoisotopic (exact) mass is 279 g/mol. The molecule has 0 saturated heterocycles. The Morgan fingerprint density at radius 3 is 2.15 bits per heavy atom. The van der Waals surface area contributed by atoms with Crippen LogP contribution in [0.4, 0.5) is 4.79 Å². The van der Waals surface area contributed by atoms with E-state index in [0.29, 0.717) is 0 Å².